The van der Waals surface area contributed by atoms with Crippen LogP contribution in [0.25, 0.3) is 11.1 Å². The Balaban J connectivity index is 1.40. The van der Waals surface area contributed by atoms with Gasteiger partial charge < -0.3 is 19.2 Å². The number of nitrogens with zero attached hydrogens (tertiary/aromatic N) is 2. The number of rotatable bonds is 6. The average molecular weight is 448 g/mol. The van der Waals surface area contributed by atoms with Gasteiger partial charge in [-0.05, 0) is 56.9 Å². The van der Waals surface area contributed by atoms with Gasteiger partial charge in [-0.3, -0.25) is 9.59 Å². The summed E-state index contributed by atoms with van der Waals surface area (Å²) in [4.78, 5) is 29.2. The molecule has 174 valence electrons. The summed E-state index contributed by atoms with van der Waals surface area (Å²) in [6.07, 6.45) is 7.59. The first-order chi connectivity index (χ1) is 16.0. The molecule has 0 radical (unpaired) electrons. The van der Waals surface area contributed by atoms with E-state index in [0.29, 0.717) is 24.4 Å². The van der Waals surface area contributed by atoms with Crippen LogP contribution in [-0.2, 0) is 17.8 Å². The van der Waals surface area contributed by atoms with Crippen LogP contribution >= 0.6 is 0 Å². The van der Waals surface area contributed by atoms with Crippen LogP contribution in [0.3, 0.4) is 0 Å². The lowest BCUT2D eigenvalue weighted by atomic mass is 9.86. The molecule has 1 aliphatic carbocycles. The Morgan fingerprint density at radius 2 is 1.91 bits per heavy atom. The van der Waals surface area contributed by atoms with Crippen molar-refractivity contribution in [2.75, 3.05) is 6.54 Å². The summed E-state index contributed by atoms with van der Waals surface area (Å²) < 4.78 is 7.52. The van der Waals surface area contributed by atoms with Crippen molar-refractivity contribution in [3.8, 4) is 0 Å². The fraction of sp³-hybridized carbons (Fsp3) is 0.481. The third-order valence-corrected chi connectivity index (χ3v) is 7.58. The summed E-state index contributed by atoms with van der Waals surface area (Å²) in [5.41, 5.74) is 2.44. The van der Waals surface area contributed by atoms with Gasteiger partial charge >= 0.3 is 0 Å². The summed E-state index contributed by atoms with van der Waals surface area (Å²) in [5.74, 6) is 0.568. The number of hydrogen-bond acceptors (Lipinski definition) is 3. The highest BCUT2D eigenvalue weighted by atomic mass is 16.3. The van der Waals surface area contributed by atoms with E-state index in [2.05, 4.69) is 24.4 Å². The minimum atomic E-state index is -0.951. The molecule has 3 aromatic rings. The predicted molar refractivity (Wildman–Crippen MR) is 128 cm³/mol. The highest BCUT2D eigenvalue weighted by Gasteiger charge is 2.48. The maximum absolute atomic E-state index is 13.7. The Hall–Kier alpha value is -3.02. The second-order valence-corrected chi connectivity index (χ2v) is 10.0. The van der Waals surface area contributed by atoms with Crippen molar-refractivity contribution in [2.45, 2.75) is 70.5 Å². The Labute approximate surface area is 194 Å². The average Bonchev–Trinajstić information content (AvgIpc) is 3.41. The number of nitrogens with one attached hydrogen (secondary N) is 1. The third kappa shape index (κ3) is 4.07. The maximum atomic E-state index is 13.7. The Bertz CT molecular complexity index is 1140. The molecule has 1 saturated carbocycles. The number of hydrogen-bond donors (Lipinski definition) is 1. The zero-order chi connectivity index (χ0) is 23.0. The molecule has 33 heavy (non-hydrogen) atoms. The summed E-state index contributed by atoms with van der Waals surface area (Å²) in [5, 5.41) is 3.30. The smallest absolute Gasteiger partial charge is 0.271 e. The van der Waals surface area contributed by atoms with E-state index < -0.39 is 5.54 Å². The summed E-state index contributed by atoms with van der Waals surface area (Å²) in [6.45, 7) is 5.16. The molecular formula is C27H33N3O3. The van der Waals surface area contributed by atoms with E-state index in [-0.39, 0.29) is 17.9 Å². The van der Waals surface area contributed by atoms with Crippen molar-refractivity contribution >= 4 is 22.9 Å². The van der Waals surface area contributed by atoms with Gasteiger partial charge in [0, 0.05) is 24.7 Å². The molecule has 0 spiro atoms. The topological polar surface area (TPSA) is 67.5 Å². The van der Waals surface area contributed by atoms with Gasteiger partial charge in [-0.2, -0.15) is 0 Å². The molecule has 2 amide bonds. The van der Waals surface area contributed by atoms with Gasteiger partial charge in [-0.15, -0.1) is 0 Å². The van der Waals surface area contributed by atoms with Crippen LogP contribution in [0.1, 0.15) is 62.0 Å². The monoisotopic (exact) mass is 447 g/mol. The lowest BCUT2D eigenvalue weighted by Crippen LogP contribution is -2.65. The number of furan rings is 1. The van der Waals surface area contributed by atoms with Gasteiger partial charge in [-0.1, -0.05) is 37.3 Å². The minimum absolute atomic E-state index is 0.0499. The van der Waals surface area contributed by atoms with Crippen molar-refractivity contribution in [1.82, 2.24) is 14.8 Å². The number of aromatic nitrogens is 1. The number of amides is 2. The molecular weight excluding hydrogens is 414 g/mol. The molecule has 2 aliphatic rings. The van der Waals surface area contributed by atoms with Crippen LogP contribution in [-0.4, -0.2) is 39.4 Å². The van der Waals surface area contributed by atoms with Crippen LogP contribution in [0.2, 0.25) is 0 Å². The van der Waals surface area contributed by atoms with Gasteiger partial charge in [0.1, 0.15) is 11.2 Å². The molecule has 1 atom stereocenters. The highest BCUT2D eigenvalue weighted by Crippen LogP contribution is 2.33. The van der Waals surface area contributed by atoms with Gasteiger partial charge in [0.2, 0.25) is 5.91 Å². The van der Waals surface area contributed by atoms with Crippen molar-refractivity contribution in [2.24, 2.45) is 5.92 Å². The zero-order valence-corrected chi connectivity index (χ0v) is 19.5. The predicted octanol–water partition coefficient (Wildman–Crippen LogP) is 4.78. The fourth-order valence-corrected chi connectivity index (χ4v) is 5.45. The highest BCUT2D eigenvalue weighted by molar-refractivity contribution is 6.02. The number of fused-ring (bicyclic) bond motifs is 3. The zero-order valence-electron chi connectivity index (χ0n) is 19.5. The SMILES string of the molecule is CC1CCC(NC(=O)C2(C)Cn3c(cc4occc43)C(=O)N2CCCc2ccccc2)CC1. The van der Waals surface area contributed by atoms with Crippen molar-refractivity contribution in [3.63, 3.8) is 0 Å². The van der Waals surface area contributed by atoms with Gasteiger partial charge in [0.15, 0.2) is 5.58 Å². The Kier molecular flexibility index (Phi) is 5.77. The quantitative estimate of drug-likeness (QED) is 0.592. The molecule has 1 aromatic carbocycles. The van der Waals surface area contributed by atoms with E-state index in [9.17, 15) is 9.59 Å². The first kappa shape index (κ1) is 21.8. The molecule has 1 N–H and O–H groups in total. The van der Waals surface area contributed by atoms with E-state index in [1.807, 2.05) is 41.8 Å². The normalized spacial score (nSPS) is 25.3. The summed E-state index contributed by atoms with van der Waals surface area (Å²) in [7, 11) is 0. The van der Waals surface area contributed by atoms with Crippen LogP contribution in [0.5, 0.6) is 0 Å². The van der Waals surface area contributed by atoms with Gasteiger partial charge in [0.25, 0.3) is 5.91 Å². The number of benzene rings is 1. The van der Waals surface area contributed by atoms with Crippen LogP contribution in [0.15, 0.2) is 53.1 Å². The molecule has 3 heterocycles. The van der Waals surface area contributed by atoms with E-state index in [1.54, 1.807) is 11.2 Å². The van der Waals surface area contributed by atoms with E-state index in [4.69, 9.17) is 4.42 Å². The largest absolute Gasteiger partial charge is 0.463 e. The lowest BCUT2D eigenvalue weighted by Gasteiger charge is -2.45. The molecule has 0 saturated heterocycles. The number of carbonyl (C=O) groups is 2. The van der Waals surface area contributed by atoms with E-state index in [0.717, 1.165) is 50.0 Å². The van der Waals surface area contributed by atoms with Crippen molar-refractivity contribution in [1.29, 1.82) is 0 Å². The van der Waals surface area contributed by atoms with E-state index >= 15 is 0 Å². The molecule has 1 unspecified atom stereocenters. The van der Waals surface area contributed by atoms with Crippen LogP contribution < -0.4 is 5.32 Å². The second kappa shape index (κ2) is 8.73. The van der Waals surface area contributed by atoms with Crippen LogP contribution in [0, 0.1) is 5.92 Å². The molecule has 6 nitrogen and oxygen atoms in total. The third-order valence-electron chi connectivity index (χ3n) is 7.58. The first-order valence-electron chi connectivity index (χ1n) is 12.2. The van der Waals surface area contributed by atoms with Crippen molar-refractivity contribution < 1.29 is 14.0 Å². The number of aryl methyl sites for hydroxylation is 1. The molecule has 2 aromatic heterocycles. The Morgan fingerprint density at radius 1 is 1.15 bits per heavy atom. The second-order valence-electron chi connectivity index (χ2n) is 10.0. The molecule has 6 heteroatoms. The standard InChI is InChI=1S/C27H33N3O3/c1-19-10-12-21(13-11-19)28-26(32)27(2)18-29-22-14-16-33-24(22)17-23(29)25(31)30(27)15-6-9-20-7-4-3-5-8-20/h3-5,7-8,14,16-17,19,21H,6,9-13,15,18H2,1-2H3,(H,28,32). The Morgan fingerprint density at radius 3 is 2.67 bits per heavy atom. The summed E-state index contributed by atoms with van der Waals surface area (Å²) in [6, 6.07) is 14.2. The fourth-order valence-electron chi connectivity index (χ4n) is 5.45. The van der Waals surface area contributed by atoms with Gasteiger partial charge in [0.05, 0.1) is 18.3 Å². The molecule has 5 rings (SSSR count). The minimum Gasteiger partial charge on any atom is -0.463 e. The maximum Gasteiger partial charge on any atom is 0.271 e. The number of carbonyl (C=O) groups excluding carboxylic acids is 2. The first-order valence-corrected chi connectivity index (χ1v) is 12.2. The molecule has 1 aliphatic heterocycles. The lowest BCUT2D eigenvalue weighted by molar-refractivity contribution is -0.133. The van der Waals surface area contributed by atoms with Crippen molar-refractivity contribution in [3.05, 3.63) is 60.0 Å². The van der Waals surface area contributed by atoms with E-state index in [1.165, 1.54) is 5.56 Å². The molecule has 1 fully saturated rings. The van der Waals surface area contributed by atoms with Gasteiger partial charge in [-0.25, -0.2) is 0 Å². The summed E-state index contributed by atoms with van der Waals surface area (Å²) >= 11 is 0. The van der Waals surface area contributed by atoms with Crippen LogP contribution in [0.4, 0.5) is 0 Å². The molecule has 0 bridgehead atoms.